The van der Waals surface area contributed by atoms with Gasteiger partial charge in [0.2, 0.25) is 11.8 Å². The van der Waals surface area contributed by atoms with Crippen LogP contribution in [0, 0.1) is 0 Å². The topological polar surface area (TPSA) is 67.9 Å². The Hall–Kier alpha value is -2.08. The number of imide groups is 1. The highest BCUT2D eigenvalue weighted by Gasteiger charge is 2.29. The number of carbonyl (C=O) groups excluding carboxylic acids is 2. The van der Waals surface area contributed by atoms with Crippen molar-refractivity contribution < 1.29 is 19.1 Å². The SMILES string of the molecule is COc1ccc(OC)c(N2C(=O)CNCC2=O)c1. The highest BCUT2D eigenvalue weighted by molar-refractivity contribution is 6.18. The largest absolute Gasteiger partial charge is 0.497 e. The number of anilines is 1. The number of hydrogen-bond donors (Lipinski definition) is 1. The van der Waals surface area contributed by atoms with E-state index >= 15 is 0 Å². The molecule has 96 valence electrons. The minimum absolute atomic E-state index is 0.131. The maximum absolute atomic E-state index is 11.8. The smallest absolute Gasteiger partial charge is 0.247 e. The van der Waals surface area contributed by atoms with Crippen molar-refractivity contribution in [2.45, 2.75) is 0 Å². The summed E-state index contributed by atoms with van der Waals surface area (Å²) in [6, 6.07) is 4.98. The van der Waals surface area contributed by atoms with Gasteiger partial charge in [-0.2, -0.15) is 0 Å². The van der Waals surface area contributed by atoms with Gasteiger partial charge < -0.3 is 9.47 Å². The van der Waals surface area contributed by atoms with E-state index in [1.54, 1.807) is 18.2 Å². The van der Waals surface area contributed by atoms with E-state index in [2.05, 4.69) is 5.32 Å². The van der Waals surface area contributed by atoms with Gasteiger partial charge in [0.15, 0.2) is 0 Å². The Bertz CT molecular complexity index is 471. The van der Waals surface area contributed by atoms with Crippen molar-refractivity contribution in [1.29, 1.82) is 0 Å². The monoisotopic (exact) mass is 250 g/mol. The van der Waals surface area contributed by atoms with E-state index in [4.69, 9.17) is 9.47 Å². The molecule has 1 aromatic carbocycles. The number of nitrogens with one attached hydrogen (secondary N) is 1. The Morgan fingerprint density at radius 2 is 1.78 bits per heavy atom. The van der Waals surface area contributed by atoms with E-state index in [0.717, 1.165) is 4.90 Å². The lowest BCUT2D eigenvalue weighted by Gasteiger charge is -2.27. The van der Waals surface area contributed by atoms with E-state index in [0.29, 0.717) is 17.2 Å². The van der Waals surface area contributed by atoms with Gasteiger partial charge in [-0.3, -0.25) is 14.9 Å². The number of rotatable bonds is 3. The lowest BCUT2D eigenvalue weighted by Crippen LogP contribution is -2.52. The molecule has 2 amide bonds. The molecule has 1 aliphatic rings. The van der Waals surface area contributed by atoms with Crippen LogP contribution in [0.3, 0.4) is 0 Å². The number of ether oxygens (including phenoxy) is 2. The van der Waals surface area contributed by atoms with Gasteiger partial charge in [0.05, 0.1) is 33.0 Å². The Morgan fingerprint density at radius 3 is 2.33 bits per heavy atom. The molecule has 2 rings (SSSR count). The molecule has 0 radical (unpaired) electrons. The summed E-state index contributed by atoms with van der Waals surface area (Å²) in [5, 5.41) is 2.74. The Labute approximate surface area is 104 Å². The summed E-state index contributed by atoms with van der Waals surface area (Å²) >= 11 is 0. The molecule has 18 heavy (non-hydrogen) atoms. The van der Waals surface area contributed by atoms with Gasteiger partial charge in [0.1, 0.15) is 11.5 Å². The van der Waals surface area contributed by atoms with E-state index in [-0.39, 0.29) is 24.9 Å². The number of piperazine rings is 1. The van der Waals surface area contributed by atoms with E-state index < -0.39 is 0 Å². The molecular formula is C12H14N2O4. The summed E-state index contributed by atoms with van der Waals surface area (Å²) in [6.45, 7) is 0.262. The van der Waals surface area contributed by atoms with Crippen molar-refractivity contribution in [1.82, 2.24) is 5.32 Å². The summed E-state index contributed by atoms with van der Waals surface area (Å²) < 4.78 is 10.3. The zero-order chi connectivity index (χ0) is 13.1. The Kier molecular flexibility index (Phi) is 3.47. The fourth-order valence-corrected chi connectivity index (χ4v) is 1.81. The molecule has 1 aliphatic heterocycles. The maximum atomic E-state index is 11.8. The quantitative estimate of drug-likeness (QED) is 0.774. The molecule has 0 unspecified atom stereocenters. The molecule has 1 fully saturated rings. The second-order valence-electron chi connectivity index (χ2n) is 3.76. The van der Waals surface area contributed by atoms with Gasteiger partial charge in [-0.15, -0.1) is 0 Å². The number of methoxy groups -OCH3 is 2. The predicted molar refractivity (Wildman–Crippen MR) is 64.9 cm³/mol. The Balaban J connectivity index is 2.46. The second kappa shape index (κ2) is 5.05. The van der Waals surface area contributed by atoms with Crippen LogP contribution in [-0.4, -0.2) is 39.1 Å². The van der Waals surface area contributed by atoms with Crippen LogP contribution < -0.4 is 19.7 Å². The van der Waals surface area contributed by atoms with Gasteiger partial charge >= 0.3 is 0 Å². The molecule has 0 bridgehead atoms. The first-order valence-electron chi connectivity index (χ1n) is 5.46. The van der Waals surface area contributed by atoms with Gasteiger partial charge in [-0.1, -0.05) is 0 Å². The molecule has 0 aromatic heterocycles. The first kappa shape index (κ1) is 12.4. The highest BCUT2D eigenvalue weighted by atomic mass is 16.5. The van der Waals surface area contributed by atoms with Gasteiger partial charge in [0.25, 0.3) is 0 Å². The number of hydrogen-bond acceptors (Lipinski definition) is 5. The normalized spacial score (nSPS) is 15.8. The average Bonchev–Trinajstić information content (AvgIpc) is 2.38. The summed E-state index contributed by atoms with van der Waals surface area (Å²) in [6.07, 6.45) is 0. The third-order valence-electron chi connectivity index (χ3n) is 2.68. The molecule has 0 spiro atoms. The molecule has 6 nitrogen and oxygen atoms in total. The van der Waals surface area contributed by atoms with E-state index in [9.17, 15) is 9.59 Å². The summed E-state index contributed by atoms with van der Waals surface area (Å²) in [5.74, 6) is 0.403. The lowest BCUT2D eigenvalue weighted by molar-refractivity contribution is -0.127. The van der Waals surface area contributed by atoms with Gasteiger partial charge in [0, 0.05) is 6.07 Å². The average molecular weight is 250 g/mol. The van der Waals surface area contributed by atoms with Crippen LogP contribution in [0.2, 0.25) is 0 Å². The minimum Gasteiger partial charge on any atom is -0.497 e. The number of carbonyl (C=O) groups is 2. The lowest BCUT2D eigenvalue weighted by atomic mass is 10.2. The molecule has 0 aliphatic carbocycles. The number of nitrogens with zero attached hydrogens (tertiary/aromatic N) is 1. The fourth-order valence-electron chi connectivity index (χ4n) is 1.81. The van der Waals surface area contributed by atoms with Gasteiger partial charge in [-0.05, 0) is 12.1 Å². The Morgan fingerprint density at radius 1 is 1.11 bits per heavy atom. The first-order chi connectivity index (χ1) is 8.67. The second-order valence-corrected chi connectivity index (χ2v) is 3.76. The van der Waals surface area contributed by atoms with Crippen LogP contribution in [0.15, 0.2) is 18.2 Å². The standard InChI is InChI=1S/C12H14N2O4/c1-17-8-3-4-10(18-2)9(5-8)14-11(15)6-13-7-12(14)16/h3-5,13H,6-7H2,1-2H3. The van der Waals surface area contributed by atoms with Crippen molar-refractivity contribution >= 4 is 17.5 Å². The van der Waals surface area contributed by atoms with E-state index in [1.807, 2.05) is 0 Å². The number of benzene rings is 1. The van der Waals surface area contributed by atoms with Crippen LogP contribution >= 0.6 is 0 Å². The predicted octanol–water partition coefficient (Wildman–Crippen LogP) is 0.167. The molecule has 1 aromatic rings. The van der Waals surface area contributed by atoms with Crippen LogP contribution in [0.4, 0.5) is 5.69 Å². The maximum Gasteiger partial charge on any atom is 0.247 e. The van der Waals surface area contributed by atoms with Crippen LogP contribution in [0.5, 0.6) is 11.5 Å². The molecule has 1 saturated heterocycles. The molecule has 0 saturated carbocycles. The fraction of sp³-hybridized carbons (Fsp3) is 0.333. The summed E-state index contributed by atoms with van der Waals surface area (Å²) in [4.78, 5) is 24.8. The van der Waals surface area contributed by atoms with Crippen LogP contribution in [0.1, 0.15) is 0 Å². The summed E-state index contributed by atoms with van der Waals surface area (Å²) in [5.41, 5.74) is 0.411. The van der Waals surface area contributed by atoms with Crippen molar-refractivity contribution in [3.05, 3.63) is 18.2 Å². The zero-order valence-corrected chi connectivity index (χ0v) is 10.2. The van der Waals surface area contributed by atoms with Crippen LogP contribution in [-0.2, 0) is 9.59 Å². The molecule has 6 heteroatoms. The molecule has 0 atom stereocenters. The molecular weight excluding hydrogens is 236 g/mol. The van der Waals surface area contributed by atoms with Crippen LogP contribution in [0.25, 0.3) is 0 Å². The van der Waals surface area contributed by atoms with Crippen molar-refractivity contribution in [3.63, 3.8) is 0 Å². The minimum atomic E-state index is -0.308. The summed E-state index contributed by atoms with van der Waals surface area (Å²) in [7, 11) is 3.01. The van der Waals surface area contributed by atoms with Crippen molar-refractivity contribution in [2.24, 2.45) is 0 Å². The highest BCUT2D eigenvalue weighted by Crippen LogP contribution is 2.32. The first-order valence-corrected chi connectivity index (χ1v) is 5.46. The van der Waals surface area contributed by atoms with Gasteiger partial charge in [-0.25, -0.2) is 4.90 Å². The zero-order valence-electron chi connectivity index (χ0n) is 10.2. The van der Waals surface area contributed by atoms with Crippen molar-refractivity contribution in [3.8, 4) is 11.5 Å². The molecule has 1 heterocycles. The third-order valence-corrected chi connectivity index (χ3v) is 2.68. The number of amides is 2. The molecule has 1 N–H and O–H groups in total. The van der Waals surface area contributed by atoms with Crippen molar-refractivity contribution in [2.75, 3.05) is 32.2 Å². The van der Waals surface area contributed by atoms with E-state index in [1.165, 1.54) is 14.2 Å². The third kappa shape index (κ3) is 2.14.